The van der Waals surface area contributed by atoms with Gasteiger partial charge in [0.05, 0.1) is 12.0 Å². The van der Waals surface area contributed by atoms with Gasteiger partial charge in [-0.3, -0.25) is 9.59 Å². The molecule has 2 N–H and O–H groups in total. The van der Waals surface area contributed by atoms with E-state index in [1.807, 2.05) is 13.0 Å². The minimum Gasteiger partial charge on any atom is -0.481 e. The summed E-state index contributed by atoms with van der Waals surface area (Å²) in [5, 5.41) is 20.0. The van der Waals surface area contributed by atoms with E-state index in [4.69, 9.17) is 10.4 Å². The highest BCUT2D eigenvalue weighted by Gasteiger charge is 2.16. The van der Waals surface area contributed by atoms with Crippen LogP contribution >= 0.6 is 0 Å². The van der Waals surface area contributed by atoms with E-state index >= 15 is 0 Å². The third-order valence-corrected chi connectivity index (χ3v) is 2.52. The highest BCUT2D eigenvalue weighted by molar-refractivity contribution is 5.92. The number of hydrogen-bond acceptors (Lipinski definition) is 4. The van der Waals surface area contributed by atoms with Gasteiger partial charge in [0.1, 0.15) is 11.8 Å². The molecule has 6 heteroatoms. The molecule has 0 radical (unpaired) electrons. The van der Waals surface area contributed by atoms with Crippen molar-refractivity contribution in [3.05, 3.63) is 29.6 Å². The van der Waals surface area contributed by atoms with Crippen LogP contribution in [0.5, 0.6) is 0 Å². The SMILES string of the molecule is CCCC(CC(=O)O)NC(=O)c1ccc(C#N)cn1. The molecule has 1 rings (SSSR count). The zero-order valence-corrected chi connectivity index (χ0v) is 10.6. The van der Waals surface area contributed by atoms with Crippen molar-refractivity contribution in [3.8, 4) is 6.07 Å². The molecule has 1 amide bonds. The second-order valence-corrected chi connectivity index (χ2v) is 4.10. The van der Waals surface area contributed by atoms with Crippen molar-refractivity contribution in [2.45, 2.75) is 32.2 Å². The van der Waals surface area contributed by atoms with E-state index in [9.17, 15) is 9.59 Å². The van der Waals surface area contributed by atoms with Crippen molar-refractivity contribution in [2.75, 3.05) is 0 Å². The van der Waals surface area contributed by atoms with E-state index in [1.54, 1.807) is 0 Å². The largest absolute Gasteiger partial charge is 0.481 e. The van der Waals surface area contributed by atoms with Gasteiger partial charge in [0.2, 0.25) is 0 Å². The van der Waals surface area contributed by atoms with Crippen molar-refractivity contribution >= 4 is 11.9 Å². The second kappa shape index (κ2) is 7.11. The smallest absolute Gasteiger partial charge is 0.305 e. The number of nitrogens with zero attached hydrogens (tertiary/aromatic N) is 2. The maximum Gasteiger partial charge on any atom is 0.305 e. The first-order valence-electron chi connectivity index (χ1n) is 5.95. The Balaban J connectivity index is 2.69. The Hall–Kier alpha value is -2.42. The first-order chi connectivity index (χ1) is 9.06. The van der Waals surface area contributed by atoms with E-state index < -0.39 is 17.9 Å². The number of aliphatic carboxylic acids is 1. The predicted molar refractivity (Wildman–Crippen MR) is 67.4 cm³/mol. The number of amides is 1. The van der Waals surface area contributed by atoms with E-state index in [-0.39, 0.29) is 12.1 Å². The summed E-state index contributed by atoms with van der Waals surface area (Å²) >= 11 is 0. The summed E-state index contributed by atoms with van der Waals surface area (Å²) < 4.78 is 0. The van der Waals surface area contributed by atoms with Crippen LogP contribution in [0, 0.1) is 11.3 Å². The van der Waals surface area contributed by atoms with Gasteiger partial charge in [-0.2, -0.15) is 5.26 Å². The number of carboxylic acids is 1. The summed E-state index contributed by atoms with van der Waals surface area (Å²) in [5.41, 5.74) is 0.540. The lowest BCUT2D eigenvalue weighted by molar-refractivity contribution is -0.137. The van der Waals surface area contributed by atoms with Crippen molar-refractivity contribution in [3.63, 3.8) is 0 Å². The van der Waals surface area contributed by atoms with Gasteiger partial charge in [0, 0.05) is 12.2 Å². The van der Waals surface area contributed by atoms with Crippen LogP contribution in [0.4, 0.5) is 0 Å². The van der Waals surface area contributed by atoms with Crippen molar-refractivity contribution in [1.29, 1.82) is 5.26 Å². The van der Waals surface area contributed by atoms with Crippen molar-refractivity contribution < 1.29 is 14.7 Å². The third-order valence-electron chi connectivity index (χ3n) is 2.52. The van der Waals surface area contributed by atoms with E-state index in [0.29, 0.717) is 12.0 Å². The average Bonchev–Trinajstić information content (AvgIpc) is 2.38. The lowest BCUT2D eigenvalue weighted by Crippen LogP contribution is -2.36. The maximum absolute atomic E-state index is 11.9. The number of pyridine rings is 1. The average molecular weight is 261 g/mol. The second-order valence-electron chi connectivity index (χ2n) is 4.10. The Morgan fingerprint density at radius 1 is 1.53 bits per heavy atom. The van der Waals surface area contributed by atoms with Crippen LogP contribution < -0.4 is 5.32 Å². The number of carboxylic acid groups (broad SMARTS) is 1. The molecule has 0 bridgehead atoms. The Morgan fingerprint density at radius 2 is 2.26 bits per heavy atom. The van der Waals surface area contributed by atoms with Crippen LogP contribution in [0.25, 0.3) is 0 Å². The van der Waals surface area contributed by atoms with E-state index in [1.165, 1.54) is 18.3 Å². The van der Waals surface area contributed by atoms with Crippen LogP contribution in [0.1, 0.15) is 42.2 Å². The Labute approximate surface area is 111 Å². The standard InChI is InChI=1S/C13H15N3O3/c1-2-3-10(6-12(17)18)16-13(19)11-5-4-9(7-14)8-15-11/h4-5,8,10H,2-3,6H2,1H3,(H,16,19)(H,17,18). The van der Waals surface area contributed by atoms with E-state index in [2.05, 4.69) is 10.3 Å². The number of nitrogens with one attached hydrogen (secondary N) is 1. The molecule has 0 aromatic carbocycles. The van der Waals surface area contributed by atoms with Gasteiger partial charge < -0.3 is 10.4 Å². The van der Waals surface area contributed by atoms with Crippen LogP contribution in [-0.4, -0.2) is 28.0 Å². The topological polar surface area (TPSA) is 103 Å². The lowest BCUT2D eigenvalue weighted by Gasteiger charge is -2.15. The Kier molecular flexibility index (Phi) is 5.48. The fraction of sp³-hybridized carbons (Fsp3) is 0.385. The summed E-state index contributed by atoms with van der Waals surface area (Å²) in [6.07, 6.45) is 2.56. The molecule has 0 saturated carbocycles. The molecule has 1 unspecified atom stereocenters. The molecule has 1 atom stereocenters. The van der Waals surface area contributed by atoms with Gasteiger partial charge in [0.25, 0.3) is 5.91 Å². The molecule has 0 aliphatic carbocycles. The van der Waals surface area contributed by atoms with Crippen LogP contribution in [0.15, 0.2) is 18.3 Å². The number of aromatic nitrogens is 1. The molecule has 0 aliphatic heterocycles. The highest BCUT2D eigenvalue weighted by atomic mass is 16.4. The quantitative estimate of drug-likeness (QED) is 0.804. The Bertz CT molecular complexity index is 491. The predicted octanol–water partition coefficient (Wildman–Crippen LogP) is 1.33. The molecule has 1 heterocycles. The van der Waals surface area contributed by atoms with Gasteiger partial charge in [0.15, 0.2) is 0 Å². The molecule has 1 aromatic rings. The molecular formula is C13H15N3O3. The Morgan fingerprint density at radius 3 is 2.74 bits per heavy atom. The zero-order valence-electron chi connectivity index (χ0n) is 10.6. The molecule has 0 aliphatic rings. The van der Waals surface area contributed by atoms with Gasteiger partial charge in [-0.05, 0) is 18.6 Å². The summed E-state index contributed by atoms with van der Waals surface area (Å²) in [6, 6.07) is 4.43. The molecule has 6 nitrogen and oxygen atoms in total. The number of rotatable bonds is 6. The van der Waals surface area contributed by atoms with Crippen LogP contribution in [-0.2, 0) is 4.79 Å². The number of nitriles is 1. The summed E-state index contributed by atoms with van der Waals surface area (Å²) in [6.45, 7) is 1.92. The minimum absolute atomic E-state index is 0.115. The lowest BCUT2D eigenvalue weighted by atomic mass is 10.1. The van der Waals surface area contributed by atoms with Gasteiger partial charge in [-0.25, -0.2) is 4.98 Å². The molecule has 0 saturated heterocycles. The van der Waals surface area contributed by atoms with Gasteiger partial charge in [-0.15, -0.1) is 0 Å². The molecule has 19 heavy (non-hydrogen) atoms. The van der Waals surface area contributed by atoms with Gasteiger partial charge in [-0.1, -0.05) is 13.3 Å². The van der Waals surface area contributed by atoms with E-state index in [0.717, 1.165) is 6.42 Å². The maximum atomic E-state index is 11.9. The zero-order chi connectivity index (χ0) is 14.3. The summed E-state index contributed by atoms with van der Waals surface area (Å²) in [4.78, 5) is 26.4. The minimum atomic E-state index is -0.952. The molecule has 100 valence electrons. The molecule has 0 fully saturated rings. The highest BCUT2D eigenvalue weighted by Crippen LogP contribution is 2.05. The van der Waals surface area contributed by atoms with Crippen molar-refractivity contribution in [1.82, 2.24) is 10.3 Å². The summed E-state index contributed by atoms with van der Waals surface area (Å²) in [7, 11) is 0. The number of carbonyl (C=O) groups excluding carboxylic acids is 1. The fourth-order valence-electron chi connectivity index (χ4n) is 1.64. The summed E-state index contributed by atoms with van der Waals surface area (Å²) in [5.74, 6) is -1.38. The number of hydrogen-bond donors (Lipinski definition) is 2. The fourth-order valence-corrected chi connectivity index (χ4v) is 1.64. The molecular weight excluding hydrogens is 246 g/mol. The monoisotopic (exact) mass is 261 g/mol. The normalized spacial score (nSPS) is 11.4. The first kappa shape index (κ1) is 14.6. The third kappa shape index (κ3) is 4.76. The first-order valence-corrected chi connectivity index (χ1v) is 5.95. The molecule has 1 aromatic heterocycles. The van der Waals surface area contributed by atoms with Gasteiger partial charge >= 0.3 is 5.97 Å². The van der Waals surface area contributed by atoms with Crippen LogP contribution in [0.2, 0.25) is 0 Å². The number of carbonyl (C=O) groups is 2. The van der Waals surface area contributed by atoms with Crippen LogP contribution in [0.3, 0.4) is 0 Å². The van der Waals surface area contributed by atoms with Crippen molar-refractivity contribution in [2.24, 2.45) is 0 Å². The molecule has 0 spiro atoms.